The average molecular weight is 439 g/mol. The van der Waals surface area contributed by atoms with E-state index in [9.17, 15) is 13.2 Å². The molecule has 2 fully saturated rings. The maximum Gasteiger partial charge on any atom is 0.254 e. The van der Waals surface area contributed by atoms with E-state index in [1.54, 1.807) is 4.68 Å². The van der Waals surface area contributed by atoms with Gasteiger partial charge >= 0.3 is 0 Å². The Bertz CT molecular complexity index is 1270. The molecule has 4 heterocycles. The molecule has 0 spiro atoms. The molecule has 162 valence electrons. The third-order valence-corrected chi connectivity index (χ3v) is 8.11. The molecule has 0 unspecified atom stereocenters. The molecule has 0 aliphatic carbocycles. The van der Waals surface area contributed by atoms with Gasteiger partial charge in [0.2, 0.25) is 0 Å². The van der Waals surface area contributed by atoms with Crippen molar-refractivity contribution in [2.75, 3.05) is 24.6 Å². The van der Waals surface area contributed by atoms with Gasteiger partial charge in [0.1, 0.15) is 0 Å². The first-order chi connectivity index (χ1) is 14.8. The zero-order valence-corrected chi connectivity index (χ0v) is 18.7. The number of amides is 1. The number of carbonyl (C=O) groups excluding carboxylic acids is 1. The number of pyridine rings is 1. The Morgan fingerprint density at radius 2 is 1.81 bits per heavy atom. The van der Waals surface area contributed by atoms with Crippen LogP contribution in [-0.4, -0.2) is 58.6 Å². The Labute approximate surface area is 182 Å². The SMILES string of the molecule is Cc1ccc(-c2cc(C(=O)N3CCCC3)c3c(C)nn([C@H]4CCS(=O)(=O)C4)c3n2)cc1. The predicted molar refractivity (Wildman–Crippen MR) is 120 cm³/mol. The van der Waals surface area contributed by atoms with Crippen LogP contribution >= 0.6 is 0 Å². The van der Waals surface area contributed by atoms with Gasteiger partial charge < -0.3 is 4.90 Å². The van der Waals surface area contributed by atoms with Gasteiger partial charge in [0.15, 0.2) is 15.5 Å². The van der Waals surface area contributed by atoms with Gasteiger partial charge in [0.05, 0.1) is 39.9 Å². The van der Waals surface area contributed by atoms with Crippen molar-refractivity contribution in [3.63, 3.8) is 0 Å². The highest BCUT2D eigenvalue weighted by atomic mass is 32.2. The van der Waals surface area contributed by atoms with Crippen LogP contribution in [0.1, 0.15) is 46.9 Å². The summed E-state index contributed by atoms with van der Waals surface area (Å²) in [6.45, 7) is 5.42. The number of benzene rings is 1. The monoisotopic (exact) mass is 438 g/mol. The first-order valence-corrected chi connectivity index (χ1v) is 12.6. The van der Waals surface area contributed by atoms with Gasteiger partial charge in [-0.2, -0.15) is 5.10 Å². The number of likely N-dealkylation sites (tertiary alicyclic amines) is 1. The first-order valence-electron chi connectivity index (χ1n) is 10.8. The Morgan fingerprint density at radius 3 is 2.45 bits per heavy atom. The van der Waals surface area contributed by atoms with Gasteiger partial charge in [-0.15, -0.1) is 0 Å². The molecule has 1 atom stereocenters. The van der Waals surface area contributed by atoms with Crippen LogP contribution in [0.4, 0.5) is 0 Å². The normalized spacial score (nSPS) is 20.6. The molecule has 8 heteroatoms. The highest BCUT2D eigenvalue weighted by Crippen LogP contribution is 2.33. The summed E-state index contributed by atoms with van der Waals surface area (Å²) in [5.74, 6) is 0.226. The molecule has 0 radical (unpaired) electrons. The zero-order valence-electron chi connectivity index (χ0n) is 17.8. The minimum absolute atomic E-state index is 0.0000415. The predicted octanol–water partition coefficient (Wildman–Crippen LogP) is 3.31. The highest BCUT2D eigenvalue weighted by molar-refractivity contribution is 7.91. The van der Waals surface area contributed by atoms with Crippen LogP contribution in [-0.2, 0) is 9.84 Å². The van der Waals surface area contributed by atoms with Crippen molar-refractivity contribution in [2.24, 2.45) is 0 Å². The quantitative estimate of drug-likeness (QED) is 0.626. The van der Waals surface area contributed by atoms with Crippen molar-refractivity contribution in [3.8, 4) is 11.3 Å². The molecule has 3 aromatic rings. The lowest BCUT2D eigenvalue weighted by atomic mass is 10.0. The summed E-state index contributed by atoms with van der Waals surface area (Å²) in [7, 11) is -3.07. The van der Waals surface area contributed by atoms with Gasteiger partial charge in [-0.3, -0.25) is 4.79 Å². The second-order valence-corrected chi connectivity index (χ2v) is 10.9. The summed E-state index contributed by atoms with van der Waals surface area (Å²) in [6, 6.07) is 9.67. The summed E-state index contributed by atoms with van der Waals surface area (Å²) in [5, 5.41) is 5.41. The van der Waals surface area contributed by atoms with Gasteiger partial charge in [0.25, 0.3) is 5.91 Å². The maximum absolute atomic E-state index is 13.4. The number of sulfone groups is 1. The number of fused-ring (bicyclic) bond motifs is 1. The van der Waals surface area contributed by atoms with Gasteiger partial charge in [-0.05, 0) is 39.2 Å². The molecule has 0 N–H and O–H groups in total. The fraction of sp³-hybridized carbons (Fsp3) is 0.435. The molecule has 1 aromatic carbocycles. The van der Waals surface area contributed by atoms with E-state index in [2.05, 4.69) is 5.10 Å². The van der Waals surface area contributed by atoms with Crippen molar-refractivity contribution in [2.45, 2.75) is 39.2 Å². The average Bonchev–Trinajstić information content (AvgIpc) is 3.47. The Hall–Kier alpha value is -2.74. The molecule has 31 heavy (non-hydrogen) atoms. The summed E-state index contributed by atoms with van der Waals surface area (Å²) < 4.78 is 26.0. The Morgan fingerprint density at radius 1 is 1.10 bits per heavy atom. The van der Waals surface area contributed by atoms with E-state index in [0.29, 0.717) is 29.0 Å². The number of hydrogen-bond donors (Lipinski definition) is 0. The van der Waals surface area contributed by atoms with E-state index < -0.39 is 9.84 Å². The third kappa shape index (κ3) is 3.63. The maximum atomic E-state index is 13.4. The van der Waals surface area contributed by atoms with Crippen LogP contribution in [0.25, 0.3) is 22.3 Å². The Kier molecular flexibility index (Phi) is 4.84. The second-order valence-electron chi connectivity index (χ2n) is 8.71. The molecule has 0 bridgehead atoms. The molecule has 1 amide bonds. The lowest BCUT2D eigenvalue weighted by Crippen LogP contribution is -2.28. The number of hydrogen-bond acceptors (Lipinski definition) is 5. The van der Waals surface area contributed by atoms with E-state index >= 15 is 0 Å². The number of aromatic nitrogens is 3. The number of carbonyl (C=O) groups is 1. The molecule has 7 nitrogen and oxygen atoms in total. The molecule has 2 aliphatic rings. The lowest BCUT2D eigenvalue weighted by molar-refractivity contribution is 0.0794. The van der Waals surface area contributed by atoms with Crippen molar-refractivity contribution in [3.05, 3.63) is 47.2 Å². The number of rotatable bonds is 3. The van der Waals surface area contributed by atoms with E-state index in [1.807, 2.05) is 49.1 Å². The first kappa shape index (κ1) is 20.2. The molecule has 0 saturated carbocycles. The van der Waals surface area contributed by atoms with E-state index in [-0.39, 0.29) is 23.5 Å². The summed E-state index contributed by atoms with van der Waals surface area (Å²) >= 11 is 0. The largest absolute Gasteiger partial charge is 0.339 e. The van der Waals surface area contributed by atoms with Gasteiger partial charge in [-0.25, -0.2) is 18.1 Å². The summed E-state index contributed by atoms with van der Waals surface area (Å²) in [4.78, 5) is 20.2. The van der Waals surface area contributed by atoms with E-state index in [4.69, 9.17) is 4.98 Å². The highest BCUT2D eigenvalue weighted by Gasteiger charge is 2.33. The lowest BCUT2D eigenvalue weighted by Gasteiger charge is -2.17. The second kappa shape index (κ2) is 7.44. The van der Waals surface area contributed by atoms with E-state index in [0.717, 1.165) is 42.4 Å². The van der Waals surface area contributed by atoms with Crippen LogP contribution < -0.4 is 0 Å². The number of aryl methyl sites for hydroxylation is 2. The summed E-state index contributed by atoms with van der Waals surface area (Å²) in [6.07, 6.45) is 2.55. The Balaban J connectivity index is 1.72. The fourth-order valence-electron chi connectivity index (χ4n) is 4.67. The van der Waals surface area contributed by atoms with Gasteiger partial charge in [-0.1, -0.05) is 29.8 Å². The van der Waals surface area contributed by atoms with Crippen molar-refractivity contribution >= 4 is 26.8 Å². The van der Waals surface area contributed by atoms with Crippen LogP contribution in [0.2, 0.25) is 0 Å². The minimum Gasteiger partial charge on any atom is -0.339 e. The smallest absolute Gasteiger partial charge is 0.254 e. The molecule has 5 rings (SSSR count). The molecular formula is C23H26N4O3S. The third-order valence-electron chi connectivity index (χ3n) is 6.36. The zero-order chi connectivity index (χ0) is 21.8. The molecular weight excluding hydrogens is 412 g/mol. The van der Waals surface area contributed by atoms with Crippen LogP contribution in [0, 0.1) is 13.8 Å². The summed E-state index contributed by atoms with van der Waals surface area (Å²) in [5.41, 5.74) is 4.69. The number of nitrogens with zero attached hydrogens (tertiary/aromatic N) is 4. The van der Waals surface area contributed by atoms with E-state index in [1.165, 1.54) is 0 Å². The van der Waals surface area contributed by atoms with Crippen molar-refractivity contribution < 1.29 is 13.2 Å². The van der Waals surface area contributed by atoms with Crippen molar-refractivity contribution in [1.82, 2.24) is 19.7 Å². The standard InChI is InChI=1S/C23H26N4O3S/c1-15-5-7-17(8-6-15)20-13-19(23(28)26-10-3-4-11-26)21-16(2)25-27(22(21)24-20)18-9-12-31(29,30)14-18/h5-8,13,18H,3-4,9-12,14H2,1-2H3/t18-/m0/s1. The molecule has 2 aromatic heterocycles. The van der Waals surface area contributed by atoms with Gasteiger partial charge in [0, 0.05) is 18.7 Å². The van der Waals surface area contributed by atoms with Crippen LogP contribution in [0.3, 0.4) is 0 Å². The molecule has 2 saturated heterocycles. The van der Waals surface area contributed by atoms with Crippen LogP contribution in [0.5, 0.6) is 0 Å². The van der Waals surface area contributed by atoms with Crippen LogP contribution in [0.15, 0.2) is 30.3 Å². The fourth-order valence-corrected chi connectivity index (χ4v) is 6.36. The topological polar surface area (TPSA) is 85.2 Å². The van der Waals surface area contributed by atoms with Crippen molar-refractivity contribution in [1.29, 1.82) is 0 Å². The minimum atomic E-state index is -3.07. The molecule has 2 aliphatic heterocycles.